The van der Waals surface area contributed by atoms with Gasteiger partial charge in [-0.2, -0.15) is 0 Å². The standard InChI is InChI=1S/C29H33N5O5/c1-16(2)25(23-13-17(3)32-39-23)27(37)34-15-20(35)14-22(34)26-30-28(38)29(4,31-26)19-11-9-18(10-12-19)21-7-6-8-24(36)33(21)5/h6-13,16,20,22,25,35H,14-15H2,1-5H3,(H,30,31,38)/t20-,22+,25+,29+/m1/s1. The van der Waals surface area contributed by atoms with Crippen LogP contribution in [0.15, 0.2) is 62.8 Å². The van der Waals surface area contributed by atoms with Gasteiger partial charge in [-0.1, -0.05) is 49.3 Å². The van der Waals surface area contributed by atoms with E-state index in [0.717, 1.165) is 11.3 Å². The number of aliphatic imine (C=N–C) groups is 1. The van der Waals surface area contributed by atoms with Crippen molar-refractivity contribution in [1.29, 1.82) is 0 Å². The van der Waals surface area contributed by atoms with Crippen molar-refractivity contribution >= 4 is 17.6 Å². The number of carbonyl (C=O) groups excluding carboxylic acids is 2. The van der Waals surface area contributed by atoms with Gasteiger partial charge in [0.2, 0.25) is 5.91 Å². The van der Waals surface area contributed by atoms with Gasteiger partial charge in [-0.05, 0) is 37.0 Å². The van der Waals surface area contributed by atoms with E-state index >= 15 is 0 Å². The van der Waals surface area contributed by atoms with Crippen molar-refractivity contribution in [3.05, 3.63) is 75.9 Å². The molecule has 0 unspecified atom stereocenters. The Morgan fingerprint density at radius 2 is 1.90 bits per heavy atom. The van der Waals surface area contributed by atoms with Gasteiger partial charge in [-0.25, -0.2) is 4.99 Å². The zero-order valence-electron chi connectivity index (χ0n) is 22.7. The molecule has 2 aliphatic rings. The highest BCUT2D eigenvalue weighted by Gasteiger charge is 2.48. The molecule has 2 aliphatic heterocycles. The predicted octanol–water partition coefficient (Wildman–Crippen LogP) is 2.49. The first-order valence-corrected chi connectivity index (χ1v) is 13.1. The summed E-state index contributed by atoms with van der Waals surface area (Å²) in [5, 5.41) is 17.4. The Hall–Kier alpha value is -4.05. The normalized spacial score (nSPS) is 23.7. The van der Waals surface area contributed by atoms with E-state index in [0.29, 0.717) is 22.9 Å². The van der Waals surface area contributed by atoms with Gasteiger partial charge in [0.25, 0.3) is 11.5 Å². The quantitative estimate of drug-likeness (QED) is 0.503. The maximum Gasteiger partial charge on any atom is 0.257 e. The van der Waals surface area contributed by atoms with E-state index < -0.39 is 23.6 Å². The smallest absolute Gasteiger partial charge is 0.257 e. The summed E-state index contributed by atoms with van der Waals surface area (Å²) < 4.78 is 7.01. The number of benzene rings is 1. The van der Waals surface area contributed by atoms with Crippen molar-refractivity contribution in [2.45, 2.75) is 57.7 Å². The van der Waals surface area contributed by atoms with Crippen LogP contribution in [0.4, 0.5) is 0 Å². The number of aryl methyl sites for hydroxylation is 1. The third-order valence-electron chi connectivity index (χ3n) is 7.72. The van der Waals surface area contributed by atoms with E-state index in [4.69, 9.17) is 9.52 Å². The summed E-state index contributed by atoms with van der Waals surface area (Å²) in [6.07, 6.45) is -0.478. The lowest BCUT2D eigenvalue weighted by Crippen LogP contribution is -2.48. The van der Waals surface area contributed by atoms with Crippen LogP contribution in [-0.2, 0) is 22.2 Å². The van der Waals surface area contributed by atoms with Gasteiger partial charge >= 0.3 is 0 Å². The third kappa shape index (κ3) is 4.69. The average molecular weight is 532 g/mol. The molecule has 0 radical (unpaired) electrons. The fourth-order valence-electron chi connectivity index (χ4n) is 5.49. The monoisotopic (exact) mass is 531 g/mol. The van der Waals surface area contributed by atoms with Crippen molar-refractivity contribution in [2.75, 3.05) is 6.54 Å². The van der Waals surface area contributed by atoms with Crippen LogP contribution in [0.2, 0.25) is 0 Å². The number of aromatic nitrogens is 2. The summed E-state index contributed by atoms with van der Waals surface area (Å²) >= 11 is 0. The Morgan fingerprint density at radius 3 is 2.54 bits per heavy atom. The van der Waals surface area contributed by atoms with Gasteiger partial charge < -0.3 is 24.4 Å². The molecule has 0 saturated carbocycles. The number of hydrogen-bond acceptors (Lipinski definition) is 7. The number of pyridine rings is 1. The van der Waals surface area contributed by atoms with Crippen molar-refractivity contribution in [2.24, 2.45) is 18.0 Å². The maximum absolute atomic E-state index is 13.8. The molecule has 1 fully saturated rings. The molecule has 3 aromatic rings. The van der Waals surface area contributed by atoms with Crippen molar-refractivity contribution in [1.82, 2.24) is 19.9 Å². The highest BCUT2D eigenvalue weighted by molar-refractivity contribution is 6.11. The number of nitrogens with one attached hydrogen (secondary N) is 1. The number of carbonyl (C=O) groups is 2. The second-order valence-electron chi connectivity index (χ2n) is 10.9. The molecule has 4 atom stereocenters. The Balaban J connectivity index is 1.44. The molecular formula is C29H33N5O5. The van der Waals surface area contributed by atoms with Crippen LogP contribution in [0.5, 0.6) is 0 Å². The summed E-state index contributed by atoms with van der Waals surface area (Å²) in [6.45, 7) is 7.54. The minimum Gasteiger partial charge on any atom is -0.391 e. The first-order chi connectivity index (χ1) is 18.5. The van der Waals surface area contributed by atoms with Crippen LogP contribution in [-0.4, -0.2) is 56.1 Å². The summed E-state index contributed by atoms with van der Waals surface area (Å²) in [7, 11) is 1.71. The second kappa shape index (κ2) is 9.92. The molecular weight excluding hydrogens is 498 g/mol. The molecule has 2 aromatic heterocycles. The largest absolute Gasteiger partial charge is 0.391 e. The lowest BCUT2D eigenvalue weighted by Gasteiger charge is -2.29. The molecule has 2 amide bonds. The third-order valence-corrected chi connectivity index (χ3v) is 7.72. The number of hydrogen-bond donors (Lipinski definition) is 2. The number of rotatable bonds is 6. The summed E-state index contributed by atoms with van der Waals surface area (Å²) in [5.41, 5.74) is 1.64. The highest BCUT2D eigenvalue weighted by Crippen LogP contribution is 2.35. The fraction of sp³-hybridized carbons (Fsp3) is 0.414. The molecule has 10 heteroatoms. The van der Waals surface area contributed by atoms with E-state index in [-0.39, 0.29) is 36.3 Å². The van der Waals surface area contributed by atoms with Crippen LogP contribution in [0.1, 0.15) is 50.1 Å². The van der Waals surface area contributed by atoms with E-state index in [1.165, 1.54) is 6.07 Å². The molecule has 2 N–H and O–H groups in total. The first kappa shape index (κ1) is 26.6. The molecule has 10 nitrogen and oxygen atoms in total. The Labute approximate surface area is 226 Å². The zero-order valence-corrected chi connectivity index (χ0v) is 22.7. The van der Waals surface area contributed by atoms with E-state index in [9.17, 15) is 19.5 Å². The highest BCUT2D eigenvalue weighted by atomic mass is 16.5. The van der Waals surface area contributed by atoms with Crippen LogP contribution in [0.3, 0.4) is 0 Å². The Morgan fingerprint density at radius 1 is 1.18 bits per heavy atom. The minimum absolute atomic E-state index is 0.0729. The fourth-order valence-corrected chi connectivity index (χ4v) is 5.49. The Bertz CT molecular complexity index is 1500. The van der Waals surface area contributed by atoms with Gasteiger partial charge in [-0.15, -0.1) is 0 Å². The molecule has 39 heavy (non-hydrogen) atoms. The van der Waals surface area contributed by atoms with Gasteiger partial charge in [0, 0.05) is 32.1 Å². The molecule has 0 bridgehead atoms. The molecule has 204 valence electrons. The molecule has 4 heterocycles. The van der Waals surface area contributed by atoms with E-state index in [1.54, 1.807) is 42.5 Å². The second-order valence-corrected chi connectivity index (χ2v) is 10.9. The lowest BCUT2D eigenvalue weighted by atomic mass is 9.91. The maximum atomic E-state index is 13.8. The predicted molar refractivity (Wildman–Crippen MR) is 145 cm³/mol. The molecule has 1 saturated heterocycles. The number of likely N-dealkylation sites (tertiary alicyclic amines) is 1. The van der Waals surface area contributed by atoms with Gasteiger partial charge in [0.15, 0.2) is 5.54 Å². The molecule has 1 aromatic carbocycles. The number of amidine groups is 1. The van der Waals surface area contributed by atoms with Gasteiger partial charge in [0.05, 0.1) is 23.5 Å². The zero-order chi connectivity index (χ0) is 28.1. The van der Waals surface area contributed by atoms with E-state index in [1.807, 2.05) is 44.2 Å². The van der Waals surface area contributed by atoms with E-state index in [2.05, 4.69) is 10.5 Å². The minimum atomic E-state index is -1.21. The van der Waals surface area contributed by atoms with Gasteiger partial charge in [-0.3, -0.25) is 14.4 Å². The number of nitrogens with zero attached hydrogens (tertiary/aromatic N) is 4. The van der Waals surface area contributed by atoms with Gasteiger partial charge in [0.1, 0.15) is 17.5 Å². The molecule has 0 aliphatic carbocycles. The average Bonchev–Trinajstić information content (AvgIpc) is 3.58. The van der Waals surface area contributed by atoms with Crippen LogP contribution in [0.25, 0.3) is 11.3 Å². The lowest BCUT2D eigenvalue weighted by molar-refractivity contribution is -0.134. The topological polar surface area (TPSA) is 130 Å². The van der Waals surface area contributed by atoms with Crippen LogP contribution >= 0.6 is 0 Å². The summed E-state index contributed by atoms with van der Waals surface area (Å²) in [6, 6.07) is 13.6. The Kier molecular flexibility index (Phi) is 6.76. The molecule has 5 rings (SSSR count). The molecule has 0 spiro atoms. The van der Waals surface area contributed by atoms with Crippen LogP contribution in [0, 0.1) is 12.8 Å². The number of amides is 2. The number of β-amino-alcohol motifs (C(OH)–C–C–N with tert-alkyl or cyclic N) is 1. The van der Waals surface area contributed by atoms with Crippen LogP contribution < -0.4 is 10.9 Å². The van der Waals surface area contributed by atoms with Crippen molar-refractivity contribution in [3.63, 3.8) is 0 Å². The number of aliphatic hydroxyl groups is 1. The van der Waals surface area contributed by atoms with Crippen molar-refractivity contribution in [3.8, 4) is 11.3 Å². The summed E-state index contributed by atoms with van der Waals surface area (Å²) in [5.74, 6) is -0.326. The number of aliphatic hydroxyl groups excluding tert-OH is 1. The summed E-state index contributed by atoms with van der Waals surface area (Å²) in [4.78, 5) is 45.5. The van der Waals surface area contributed by atoms with Crippen molar-refractivity contribution < 1.29 is 19.2 Å². The first-order valence-electron chi connectivity index (χ1n) is 13.1. The SMILES string of the molecule is Cc1cc([C@@H](C(=O)N2C[C@H](O)C[C@H]2C2=N[C@@](C)(c3ccc(-c4cccc(=O)n4C)cc3)C(=O)N2)C(C)C)on1.